The summed E-state index contributed by atoms with van der Waals surface area (Å²) in [4.78, 5) is 27.9. The smallest absolute Gasteiger partial charge is 0.326 e. The Kier molecular flexibility index (Phi) is 4.85. The van der Waals surface area contributed by atoms with Crippen molar-refractivity contribution in [2.24, 2.45) is 5.92 Å². The molecular formula is C16H18N4O4. The van der Waals surface area contributed by atoms with E-state index in [0.29, 0.717) is 24.5 Å². The van der Waals surface area contributed by atoms with Gasteiger partial charge in [-0.1, -0.05) is 6.07 Å². The van der Waals surface area contributed by atoms with Gasteiger partial charge in [0.05, 0.1) is 12.3 Å². The number of carboxylic acid groups (broad SMARTS) is 1. The Morgan fingerprint density at radius 2 is 2.29 bits per heavy atom. The Balaban J connectivity index is 1.75. The number of amides is 1. The molecule has 0 saturated carbocycles. The molecule has 0 aliphatic carbocycles. The molecule has 1 aromatic heterocycles. The van der Waals surface area contributed by atoms with Gasteiger partial charge in [0.1, 0.15) is 18.7 Å². The van der Waals surface area contributed by atoms with E-state index in [4.69, 9.17) is 4.74 Å². The van der Waals surface area contributed by atoms with Gasteiger partial charge >= 0.3 is 5.97 Å². The second kappa shape index (κ2) is 7.22. The van der Waals surface area contributed by atoms with Crippen LogP contribution in [0.25, 0.3) is 5.69 Å². The van der Waals surface area contributed by atoms with Crippen LogP contribution in [0.5, 0.6) is 0 Å². The van der Waals surface area contributed by atoms with Crippen LogP contribution in [0, 0.1) is 5.92 Å². The number of aromatic nitrogens is 3. The zero-order valence-electron chi connectivity index (χ0n) is 13.0. The van der Waals surface area contributed by atoms with E-state index in [1.165, 1.54) is 17.3 Å². The highest BCUT2D eigenvalue weighted by Crippen LogP contribution is 2.18. The van der Waals surface area contributed by atoms with Crippen LogP contribution in [0.15, 0.2) is 36.9 Å². The standard InChI is InChI=1S/C16H18N4O4/c21-15(19-14(16(22)23)12-4-2-6-24-8-12)11-3-1-5-13(7-11)20-10-17-9-18-20/h1,3,5,7,9-10,12,14H,2,4,6,8H2,(H,19,21)(H,22,23). The molecule has 2 atom stereocenters. The molecule has 8 heteroatoms. The number of aliphatic carboxylic acids is 1. The first-order chi connectivity index (χ1) is 11.6. The second-order valence-corrected chi connectivity index (χ2v) is 5.66. The number of rotatable bonds is 5. The fourth-order valence-electron chi connectivity index (χ4n) is 2.77. The van der Waals surface area contributed by atoms with Crippen LogP contribution in [0.1, 0.15) is 23.2 Å². The summed E-state index contributed by atoms with van der Waals surface area (Å²) in [6.07, 6.45) is 4.44. The van der Waals surface area contributed by atoms with Gasteiger partial charge in [0.15, 0.2) is 0 Å². The molecule has 1 aliphatic rings. The Morgan fingerprint density at radius 1 is 1.42 bits per heavy atom. The highest BCUT2D eigenvalue weighted by molar-refractivity contribution is 5.97. The number of hydrogen-bond donors (Lipinski definition) is 2. The van der Waals surface area contributed by atoms with Gasteiger partial charge in [0.2, 0.25) is 0 Å². The van der Waals surface area contributed by atoms with Gasteiger partial charge in [0, 0.05) is 18.1 Å². The SMILES string of the molecule is O=C(NC(C(=O)O)C1CCCOC1)c1cccc(-n2cncn2)c1. The topological polar surface area (TPSA) is 106 Å². The number of benzene rings is 1. The van der Waals surface area contributed by atoms with Crippen molar-refractivity contribution in [3.05, 3.63) is 42.5 Å². The van der Waals surface area contributed by atoms with E-state index in [9.17, 15) is 14.7 Å². The molecule has 1 aromatic carbocycles. The largest absolute Gasteiger partial charge is 0.480 e. The maximum Gasteiger partial charge on any atom is 0.326 e. The van der Waals surface area contributed by atoms with E-state index >= 15 is 0 Å². The lowest BCUT2D eigenvalue weighted by Crippen LogP contribution is -2.48. The molecule has 1 fully saturated rings. The summed E-state index contributed by atoms with van der Waals surface area (Å²) in [5, 5.41) is 16.1. The summed E-state index contributed by atoms with van der Waals surface area (Å²) < 4.78 is 6.86. The fourth-order valence-corrected chi connectivity index (χ4v) is 2.77. The van der Waals surface area contributed by atoms with E-state index in [0.717, 1.165) is 12.8 Å². The molecule has 2 heterocycles. The van der Waals surface area contributed by atoms with Crippen molar-refractivity contribution in [3.63, 3.8) is 0 Å². The molecule has 1 amide bonds. The van der Waals surface area contributed by atoms with Crippen molar-refractivity contribution in [1.29, 1.82) is 0 Å². The van der Waals surface area contributed by atoms with E-state index in [1.54, 1.807) is 24.3 Å². The number of ether oxygens (including phenoxy) is 1. The highest BCUT2D eigenvalue weighted by Gasteiger charge is 2.31. The molecule has 24 heavy (non-hydrogen) atoms. The zero-order chi connectivity index (χ0) is 16.9. The van der Waals surface area contributed by atoms with Gasteiger partial charge in [0.25, 0.3) is 5.91 Å². The number of hydrogen-bond acceptors (Lipinski definition) is 5. The summed E-state index contributed by atoms with van der Waals surface area (Å²) in [6.45, 7) is 0.979. The van der Waals surface area contributed by atoms with Crippen LogP contribution >= 0.6 is 0 Å². The Morgan fingerprint density at radius 3 is 2.96 bits per heavy atom. The van der Waals surface area contributed by atoms with Gasteiger partial charge < -0.3 is 15.2 Å². The third kappa shape index (κ3) is 3.60. The molecule has 2 unspecified atom stereocenters. The normalized spacial score (nSPS) is 18.8. The first-order valence-corrected chi connectivity index (χ1v) is 7.71. The Hall–Kier alpha value is -2.74. The Labute approximate surface area is 138 Å². The first-order valence-electron chi connectivity index (χ1n) is 7.71. The maximum absolute atomic E-state index is 12.5. The molecule has 1 saturated heterocycles. The average Bonchev–Trinajstić information content (AvgIpc) is 3.15. The van der Waals surface area contributed by atoms with Gasteiger partial charge in [-0.05, 0) is 31.0 Å². The van der Waals surface area contributed by atoms with Crippen LogP contribution in [0.2, 0.25) is 0 Å². The molecule has 126 valence electrons. The van der Waals surface area contributed by atoms with Gasteiger partial charge in [-0.3, -0.25) is 4.79 Å². The number of carbonyl (C=O) groups is 2. The first kappa shape index (κ1) is 16.1. The lowest BCUT2D eigenvalue weighted by Gasteiger charge is -2.28. The third-order valence-electron chi connectivity index (χ3n) is 4.01. The maximum atomic E-state index is 12.5. The van der Waals surface area contributed by atoms with Gasteiger partial charge in [-0.15, -0.1) is 0 Å². The van der Waals surface area contributed by atoms with Crippen LogP contribution in [0.4, 0.5) is 0 Å². The number of nitrogens with one attached hydrogen (secondary N) is 1. The molecule has 0 bridgehead atoms. The predicted molar refractivity (Wildman–Crippen MR) is 83.8 cm³/mol. The number of nitrogens with zero attached hydrogens (tertiary/aromatic N) is 3. The summed E-state index contributed by atoms with van der Waals surface area (Å²) in [5.74, 6) is -1.71. The number of carboxylic acids is 1. The lowest BCUT2D eigenvalue weighted by molar-refractivity contribution is -0.142. The van der Waals surface area contributed by atoms with Crippen LogP contribution in [-0.2, 0) is 9.53 Å². The van der Waals surface area contributed by atoms with Gasteiger partial charge in [-0.25, -0.2) is 14.5 Å². The van der Waals surface area contributed by atoms with Crippen molar-refractivity contribution in [3.8, 4) is 5.69 Å². The lowest BCUT2D eigenvalue weighted by atomic mass is 9.93. The molecule has 0 spiro atoms. The van der Waals surface area contributed by atoms with Crippen molar-refractivity contribution in [2.75, 3.05) is 13.2 Å². The minimum Gasteiger partial charge on any atom is -0.480 e. The molecule has 0 radical (unpaired) electrons. The summed E-state index contributed by atoms with van der Waals surface area (Å²) in [5.41, 5.74) is 1.04. The van der Waals surface area contributed by atoms with Crippen LogP contribution < -0.4 is 5.32 Å². The predicted octanol–water partition coefficient (Wildman–Crippen LogP) is 0.877. The fraction of sp³-hybridized carbons (Fsp3) is 0.375. The van der Waals surface area contributed by atoms with Gasteiger partial charge in [-0.2, -0.15) is 5.10 Å². The van der Waals surface area contributed by atoms with Crippen molar-refractivity contribution < 1.29 is 19.4 Å². The summed E-state index contributed by atoms with van der Waals surface area (Å²) >= 11 is 0. The summed E-state index contributed by atoms with van der Waals surface area (Å²) in [7, 11) is 0. The minimum absolute atomic E-state index is 0.223. The molecule has 2 aromatic rings. The molecule has 2 N–H and O–H groups in total. The van der Waals surface area contributed by atoms with Crippen molar-refractivity contribution in [1.82, 2.24) is 20.1 Å². The van der Waals surface area contributed by atoms with Crippen LogP contribution in [0.3, 0.4) is 0 Å². The van der Waals surface area contributed by atoms with E-state index in [-0.39, 0.29) is 5.92 Å². The number of carbonyl (C=O) groups excluding carboxylic acids is 1. The van der Waals surface area contributed by atoms with E-state index in [2.05, 4.69) is 15.4 Å². The second-order valence-electron chi connectivity index (χ2n) is 5.66. The van der Waals surface area contributed by atoms with Crippen LogP contribution in [-0.4, -0.2) is 51.0 Å². The minimum atomic E-state index is -1.05. The highest BCUT2D eigenvalue weighted by atomic mass is 16.5. The quantitative estimate of drug-likeness (QED) is 0.843. The van der Waals surface area contributed by atoms with Crippen molar-refractivity contribution in [2.45, 2.75) is 18.9 Å². The molecule has 1 aliphatic heterocycles. The monoisotopic (exact) mass is 330 g/mol. The zero-order valence-corrected chi connectivity index (χ0v) is 13.0. The third-order valence-corrected chi connectivity index (χ3v) is 4.01. The summed E-state index contributed by atoms with van der Waals surface area (Å²) in [6, 6.07) is 5.81. The van der Waals surface area contributed by atoms with Crippen molar-refractivity contribution >= 4 is 11.9 Å². The molecular weight excluding hydrogens is 312 g/mol. The molecule has 3 rings (SSSR count). The molecule has 8 nitrogen and oxygen atoms in total. The average molecular weight is 330 g/mol. The van der Waals surface area contributed by atoms with E-state index in [1.807, 2.05) is 0 Å². The Bertz CT molecular complexity index is 711. The van der Waals surface area contributed by atoms with E-state index < -0.39 is 17.9 Å².